The van der Waals surface area contributed by atoms with Gasteiger partial charge in [0.2, 0.25) is 5.83 Å². The van der Waals surface area contributed by atoms with E-state index >= 15 is 0 Å². The van der Waals surface area contributed by atoms with Crippen LogP contribution < -0.4 is 0 Å². The van der Waals surface area contributed by atoms with Crippen LogP contribution in [-0.4, -0.2) is 10.5 Å². The Morgan fingerprint density at radius 3 is 1.93 bits per heavy atom. The quantitative estimate of drug-likeness (QED) is 0.420. The predicted octanol–water partition coefficient (Wildman–Crippen LogP) is 3.99. The molecule has 0 saturated carbocycles. The van der Waals surface area contributed by atoms with Gasteiger partial charge in [-0.2, -0.15) is 17.6 Å². The molecule has 0 spiro atoms. The number of allylic oxidation sites excluding steroid dienone is 1. The van der Waals surface area contributed by atoms with Crippen molar-refractivity contribution in [1.29, 1.82) is 0 Å². The Balaban J connectivity index is 5.10. The Kier molecular flexibility index (Phi) is 4.20. The van der Waals surface area contributed by atoms with Crippen LogP contribution in [0.3, 0.4) is 0 Å². The fourth-order valence-electron chi connectivity index (χ4n) is 0.373. The Morgan fingerprint density at radius 1 is 1.21 bits per heavy atom. The van der Waals surface area contributed by atoms with Gasteiger partial charge in [0.25, 0.3) is 0 Å². The lowest BCUT2D eigenvalue weighted by atomic mass is 10.3. The van der Waals surface area contributed by atoms with E-state index in [-0.39, 0.29) is 0 Å². The summed E-state index contributed by atoms with van der Waals surface area (Å²) in [7, 11) is 0. The van der Waals surface area contributed by atoms with Gasteiger partial charge in [-0.15, -0.1) is 0 Å². The van der Waals surface area contributed by atoms with Gasteiger partial charge in [-0.1, -0.05) is 29.8 Å². The van der Waals surface area contributed by atoms with E-state index in [9.17, 15) is 22.0 Å². The average Bonchev–Trinajstić information content (AvgIpc) is 2.01. The van der Waals surface area contributed by atoms with Crippen molar-refractivity contribution >= 4 is 23.2 Å². The summed E-state index contributed by atoms with van der Waals surface area (Å²) in [5, 5.41) is 0. The summed E-state index contributed by atoms with van der Waals surface area (Å²) >= 11 is 8.58. The number of hydrogen-bond donors (Lipinski definition) is 0. The van der Waals surface area contributed by atoms with Gasteiger partial charge in [-0.05, 0) is 0 Å². The van der Waals surface area contributed by atoms with Crippen LogP contribution in [0.25, 0.3) is 0 Å². The first-order valence-electron chi connectivity index (χ1n) is 2.92. The molecule has 0 N–H and O–H groups in total. The molecule has 0 aromatic heterocycles. The predicted molar refractivity (Wildman–Crippen MR) is 41.0 cm³/mol. The van der Waals surface area contributed by atoms with E-state index in [1.165, 1.54) is 0 Å². The van der Waals surface area contributed by atoms with Crippen LogP contribution in [0.5, 0.6) is 0 Å². The maximum absolute atomic E-state index is 12.5. The summed E-state index contributed by atoms with van der Waals surface area (Å²) in [6.45, 7) is 2.76. The standard InChI is InChI=1S/C6H3Cl2F5O/c1-2-14-4(10)3(9)5(11,12)6(7,8)13/h2H,1H2. The van der Waals surface area contributed by atoms with Gasteiger partial charge in [0.15, 0.2) is 0 Å². The van der Waals surface area contributed by atoms with Gasteiger partial charge in [0.1, 0.15) is 0 Å². The number of ether oxygens (including phenoxy) is 1. The lowest BCUT2D eigenvalue weighted by molar-refractivity contribution is -0.0493. The van der Waals surface area contributed by atoms with Crippen LogP contribution in [0.1, 0.15) is 0 Å². The fourth-order valence-corrected chi connectivity index (χ4v) is 0.539. The zero-order chi connectivity index (χ0) is 11.6. The second-order valence-corrected chi connectivity index (χ2v) is 3.18. The van der Waals surface area contributed by atoms with Crippen molar-refractivity contribution in [2.24, 2.45) is 0 Å². The minimum atomic E-state index is -5.05. The maximum Gasteiger partial charge on any atom is 0.366 e. The maximum atomic E-state index is 12.5. The molecule has 0 rings (SSSR count). The third-order valence-electron chi connectivity index (χ3n) is 0.991. The number of rotatable bonds is 4. The first kappa shape index (κ1) is 13.5. The minimum absolute atomic E-state index is 0.327. The summed E-state index contributed by atoms with van der Waals surface area (Å²) in [6.07, 6.45) is 0.327. The summed E-state index contributed by atoms with van der Waals surface area (Å²) in [5.41, 5.74) is 0. The van der Waals surface area contributed by atoms with Gasteiger partial charge in [-0.3, -0.25) is 0 Å². The Labute approximate surface area is 85.7 Å². The molecule has 0 fully saturated rings. The number of halogens is 7. The van der Waals surface area contributed by atoms with Gasteiger partial charge < -0.3 is 4.74 Å². The molecule has 0 aromatic carbocycles. The van der Waals surface area contributed by atoms with Crippen molar-refractivity contribution in [2.75, 3.05) is 0 Å². The van der Waals surface area contributed by atoms with Gasteiger partial charge >= 0.3 is 16.5 Å². The van der Waals surface area contributed by atoms with E-state index in [1.807, 2.05) is 0 Å². The monoisotopic (exact) mass is 256 g/mol. The molecule has 14 heavy (non-hydrogen) atoms. The topological polar surface area (TPSA) is 9.23 Å². The molecule has 0 aliphatic carbocycles. The molecule has 0 radical (unpaired) electrons. The van der Waals surface area contributed by atoms with Gasteiger partial charge in [0, 0.05) is 0 Å². The smallest absolute Gasteiger partial charge is 0.366 e. The lowest BCUT2D eigenvalue weighted by Crippen LogP contribution is -2.35. The number of alkyl halides is 5. The first-order chi connectivity index (χ1) is 6.14. The van der Waals surface area contributed by atoms with E-state index in [1.54, 1.807) is 0 Å². The molecule has 0 saturated heterocycles. The molecule has 0 aromatic rings. The molecule has 0 aliphatic rings. The summed E-state index contributed by atoms with van der Waals surface area (Å²) < 4.78 is 61.2. The molecule has 82 valence electrons. The van der Waals surface area contributed by atoms with Crippen molar-refractivity contribution in [2.45, 2.75) is 10.5 Å². The average molecular weight is 257 g/mol. The molecular formula is C6H3Cl2F5O. The van der Waals surface area contributed by atoms with E-state index in [4.69, 9.17) is 0 Å². The van der Waals surface area contributed by atoms with Crippen molar-refractivity contribution in [1.82, 2.24) is 0 Å². The van der Waals surface area contributed by atoms with Crippen LogP contribution in [0.15, 0.2) is 24.7 Å². The van der Waals surface area contributed by atoms with Crippen LogP contribution >= 0.6 is 23.2 Å². The molecular weight excluding hydrogens is 254 g/mol. The zero-order valence-electron chi connectivity index (χ0n) is 6.34. The highest BCUT2D eigenvalue weighted by Gasteiger charge is 2.58. The van der Waals surface area contributed by atoms with Crippen molar-refractivity contribution in [3.63, 3.8) is 0 Å². The summed E-state index contributed by atoms with van der Waals surface area (Å²) in [5.74, 6) is -7.91. The highest BCUT2D eigenvalue weighted by atomic mass is 35.5. The SMILES string of the molecule is C=COC(F)=C(F)C(F)(F)C(F)(Cl)Cl. The third-order valence-corrected chi connectivity index (χ3v) is 1.47. The van der Waals surface area contributed by atoms with E-state index in [0.717, 1.165) is 0 Å². The van der Waals surface area contributed by atoms with Crippen LogP contribution in [0, 0.1) is 0 Å². The molecule has 0 atom stereocenters. The van der Waals surface area contributed by atoms with Crippen LogP contribution in [-0.2, 0) is 4.74 Å². The van der Waals surface area contributed by atoms with Crippen molar-refractivity contribution in [3.05, 3.63) is 24.7 Å². The molecule has 0 unspecified atom stereocenters. The highest BCUT2D eigenvalue weighted by molar-refractivity contribution is 6.48. The van der Waals surface area contributed by atoms with E-state index < -0.39 is 22.3 Å². The Hall–Kier alpha value is -0.490. The highest BCUT2D eigenvalue weighted by Crippen LogP contribution is 2.46. The largest absolute Gasteiger partial charge is 0.438 e. The van der Waals surface area contributed by atoms with Crippen molar-refractivity contribution in [3.8, 4) is 0 Å². The Morgan fingerprint density at radius 2 is 1.64 bits per heavy atom. The van der Waals surface area contributed by atoms with Crippen LogP contribution in [0.4, 0.5) is 22.0 Å². The van der Waals surface area contributed by atoms with Crippen LogP contribution in [0.2, 0.25) is 0 Å². The molecule has 0 aliphatic heterocycles. The molecule has 0 heterocycles. The van der Waals surface area contributed by atoms with Gasteiger partial charge in [-0.25, -0.2) is 4.39 Å². The second-order valence-electron chi connectivity index (χ2n) is 1.94. The molecule has 0 amide bonds. The molecule has 0 bridgehead atoms. The molecule has 8 heteroatoms. The third kappa shape index (κ3) is 2.75. The first-order valence-corrected chi connectivity index (χ1v) is 3.68. The van der Waals surface area contributed by atoms with E-state index in [0.29, 0.717) is 6.26 Å². The molecule has 1 nitrogen and oxygen atoms in total. The second kappa shape index (κ2) is 4.35. The zero-order valence-corrected chi connectivity index (χ0v) is 7.85. The minimum Gasteiger partial charge on any atom is -0.438 e. The summed E-state index contributed by atoms with van der Waals surface area (Å²) in [6, 6.07) is -2.37. The van der Waals surface area contributed by atoms with E-state index in [2.05, 4.69) is 34.5 Å². The van der Waals surface area contributed by atoms with Gasteiger partial charge in [0.05, 0.1) is 6.26 Å². The van der Waals surface area contributed by atoms with Crippen molar-refractivity contribution < 1.29 is 26.7 Å². The fraction of sp³-hybridized carbons (Fsp3) is 0.333. The number of hydrogen-bond acceptors (Lipinski definition) is 1. The summed E-state index contributed by atoms with van der Waals surface area (Å²) in [4.78, 5) is 0. The Bertz CT molecular complexity index is 257. The lowest BCUT2D eigenvalue weighted by Gasteiger charge is -2.20. The normalized spacial score (nSPS) is 14.8.